The first-order chi connectivity index (χ1) is 9.81. The summed E-state index contributed by atoms with van der Waals surface area (Å²) >= 11 is 1.95. The van der Waals surface area contributed by atoms with Crippen molar-refractivity contribution < 1.29 is 9.47 Å². The topological polar surface area (TPSA) is 48.3 Å². The van der Waals surface area contributed by atoms with Crippen molar-refractivity contribution in [3.8, 4) is 5.75 Å². The van der Waals surface area contributed by atoms with Crippen molar-refractivity contribution in [3.05, 3.63) is 11.9 Å². The van der Waals surface area contributed by atoms with Gasteiger partial charge in [-0.2, -0.15) is 16.9 Å². The SMILES string of the molecule is CCCNC(c1c(OC)cnn1CC)C1CSCCO1. The largest absolute Gasteiger partial charge is 0.493 e. The fraction of sp³-hybridized carbons (Fsp3) is 0.786. The predicted molar refractivity (Wildman–Crippen MR) is 82.6 cm³/mol. The number of aromatic nitrogens is 2. The molecule has 1 aromatic rings. The van der Waals surface area contributed by atoms with Crippen LogP contribution in [0.1, 0.15) is 32.0 Å². The maximum absolute atomic E-state index is 5.98. The molecule has 1 aliphatic rings. The summed E-state index contributed by atoms with van der Waals surface area (Å²) < 4.78 is 13.5. The second-order valence-corrected chi connectivity index (χ2v) is 5.98. The lowest BCUT2D eigenvalue weighted by atomic mass is 10.1. The normalized spacial score (nSPS) is 20.9. The number of nitrogens with one attached hydrogen (secondary N) is 1. The Balaban J connectivity index is 2.26. The van der Waals surface area contributed by atoms with E-state index in [0.717, 1.165) is 49.1 Å². The molecule has 6 heteroatoms. The molecule has 114 valence electrons. The lowest BCUT2D eigenvalue weighted by Crippen LogP contribution is -2.39. The Morgan fingerprint density at radius 1 is 1.60 bits per heavy atom. The summed E-state index contributed by atoms with van der Waals surface area (Å²) in [5.74, 6) is 2.94. The van der Waals surface area contributed by atoms with Crippen LogP contribution in [0.3, 0.4) is 0 Å². The molecule has 0 aromatic carbocycles. The Labute approximate surface area is 125 Å². The Morgan fingerprint density at radius 3 is 3.05 bits per heavy atom. The number of rotatable bonds is 7. The van der Waals surface area contributed by atoms with Gasteiger partial charge < -0.3 is 14.8 Å². The molecule has 0 saturated carbocycles. The van der Waals surface area contributed by atoms with E-state index in [0.29, 0.717) is 0 Å². The summed E-state index contributed by atoms with van der Waals surface area (Å²) in [5.41, 5.74) is 1.11. The number of hydrogen-bond acceptors (Lipinski definition) is 5. The third kappa shape index (κ3) is 3.48. The minimum atomic E-state index is 0.139. The number of aryl methyl sites for hydroxylation is 1. The molecule has 2 unspecified atom stereocenters. The molecule has 1 aromatic heterocycles. The van der Waals surface area contributed by atoms with E-state index in [2.05, 4.69) is 24.3 Å². The fourth-order valence-electron chi connectivity index (χ4n) is 2.50. The van der Waals surface area contributed by atoms with Crippen LogP contribution >= 0.6 is 11.8 Å². The van der Waals surface area contributed by atoms with E-state index in [9.17, 15) is 0 Å². The van der Waals surface area contributed by atoms with Crippen LogP contribution in [0.5, 0.6) is 5.75 Å². The molecule has 1 aliphatic heterocycles. The molecule has 0 spiro atoms. The van der Waals surface area contributed by atoms with Crippen LogP contribution in [-0.4, -0.2) is 47.7 Å². The molecule has 0 aliphatic carbocycles. The molecule has 1 fully saturated rings. The van der Waals surface area contributed by atoms with Gasteiger partial charge >= 0.3 is 0 Å². The minimum absolute atomic E-state index is 0.139. The quantitative estimate of drug-likeness (QED) is 0.835. The summed E-state index contributed by atoms with van der Waals surface area (Å²) in [6, 6.07) is 0.139. The maximum Gasteiger partial charge on any atom is 0.161 e. The zero-order chi connectivity index (χ0) is 14.4. The van der Waals surface area contributed by atoms with Crippen molar-refractivity contribution in [1.29, 1.82) is 0 Å². The average Bonchev–Trinajstić information content (AvgIpc) is 2.92. The molecule has 1 N–H and O–H groups in total. The number of thioether (sulfide) groups is 1. The molecule has 2 heterocycles. The summed E-state index contributed by atoms with van der Waals surface area (Å²) in [4.78, 5) is 0. The van der Waals surface area contributed by atoms with Crippen molar-refractivity contribution in [3.63, 3.8) is 0 Å². The maximum atomic E-state index is 5.98. The Bertz CT molecular complexity index is 384. The lowest BCUT2D eigenvalue weighted by molar-refractivity contribution is 0.0438. The van der Waals surface area contributed by atoms with E-state index in [1.807, 2.05) is 16.4 Å². The molecule has 2 rings (SSSR count). The van der Waals surface area contributed by atoms with Crippen molar-refractivity contribution in [2.75, 3.05) is 31.8 Å². The van der Waals surface area contributed by atoms with Gasteiger partial charge in [-0.15, -0.1) is 0 Å². The predicted octanol–water partition coefficient (Wildman–Crippen LogP) is 2.08. The van der Waals surface area contributed by atoms with E-state index in [1.165, 1.54) is 0 Å². The number of nitrogens with zero attached hydrogens (tertiary/aromatic N) is 2. The Morgan fingerprint density at radius 2 is 2.45 bits per heavy atom. The molecule has 0 amide bonds. The first kappa shape index (κ1) is 15.7. The highest BCUT2D eigenvalue weighted by molar-refractivity contribution is 7.99. The average molecular weight is 299 g/mol. The number of hydrogen-bond donors (Lipinski definition) is 1. The second kappa shape index (κ2) is 7.90. The molecule has 20 heavy (non-hydrogen) atoms. The van der Waals surface area contributed by atoms with Crippen molar-refractivity contribution in [2.45, 2.75) is 39.0 Å². The van der Waals surface area contributed by atoms with Crippen LogP contribution in [0.2, 0.25) is 0 Å². The van der Waals surface area contributed by atoms with Gasteiger partial charge in [-0.1, -0.05) is 6.92 Å². The van der Waals surface area contributed by atoms with Crippen LogP contribution in [0.4, 0.5) is 0 Å². The van der Waals surface area contributed by atoms with Crippen LogP contribution in [-0.2, 0) is 11.3 Å². The highest BCUT2D eigenvalue weighted by Crippen LogP contribution is 2.31. The zero-order valence-corrected chi connectivity index (χ0v) is 13.4. The summed E-state index contributed by atoms with van der Waals surface area (Å²) in [6.07, 6.45) is 3.07. The van der Waals surface area contributed by atoms with E-state index in [4.69, 9.17) is 9.47 Å². The molecule has 0 radical (unpaired) electrons. The van der Waals surface area contributed by atoms with Gasteiger partial charge in [0.1, 0.15) is 0 Å². The summed E-state index contributed by atoms with van der Waals surface area (Å²) in [6.45, 7) is 6.90. The fourth-order valence-corrected chi connectivity index (χ4v) is 3.40. The van der Waals surface area contributed by atoms with Gasteiger partial charge in [0.15, 0.2) is 5.75 Å². The smallest absolute Gasteiger partial charge is 0.161 e. The highest BCUT2D eigenvalue weighted by atomic mass is 32.2. The molecule has 2 atom stereocenters. The molecular formula is C14H25N3O2S. The van der Waals surface area contributed by atoms with Gasteiger partial charge in [0, 0.05) is 18.1 Å². The monoisotopic (exact) mass is 299 g/mol. The van der Waals surface area contributed by atoms with Crippen LogP contribution in [0.25, 0.3) is 0 Å². The van der Waals surface area contributed by atoms with Gasteiger partial charge in [-0.25, -0.2) is 0 Å². The highest BCUT2D eigenvalue weighted by Gasteiger charge is 2.31. The second-order valence-electron chi connectivity index (χ2n) is 4.83. The van der Waals surface area contributed by atoms with Gasteiger partial charge in [0.05, 0.1) is 37.8 Å². The lowest BCUT2D eigenvalue weighted by Gasteiger charge is -2.31. The van der Waals surface area contributed by atoms with Crippen LogP contribution in [0, 0.1) is 0 Å². The molecule has 0 bridgehead atoms. The summed E-state index contributed by atoms with van der Waals surface area (Å²) in [7, 11) is 1.70. The van der Waals surface area contributed by atoms with Crippen molar-refractivity contribution in [1.82, 2.24) is 15.1 Å². The van der Waals surface area contributed by atoms with Crippen LogP contribution in [0.15, 0.2) is 6.20 Å². The zero-order valence-electron chi connectivity index (χ0n) is 12.6. The molecule has 5 nitrogen and oxygen atoms in total. The molecular weight excluding hydrogens is 274 g/mol. The van der Waals surface area contributed by atoms with Gasteiger partial charge in [0.2, 0.25) is 0 Å². The van der Waals surface area contributed by atoms with Crippen molar-refractivity contribution >= 4 is 11.8 Å². The Hall–Kier alpha value is -0.720. The van der Waals surface area contributed by atoms with Crippen molar-refractivity contribution in [2.24, 2.45) is 0 Å². The first-order valence-corrected chi connectivity index (χ1v) is 8.49. The van der Waals surface area contributed by atoms with E-state index in [1.54, 1.807) is 13.3 Å². The third-order valence-electron chi connectivity index (χ3n) is 3.49. The van der Waals surface area contributed by atoms with Gasteiger partial charge in [-0.05, 0) is 19.9 Å². The Kier molecular flexibility index (Phi) is 6.19. The third-order valence-corrected chi connectivity index (χ3v) is 4.51. The van der Waals surface area contributed by atoms with E-state index >= 15 is 0 Å². The number of ether oxygens (including phenoxy) is 2. The standard InChI is InChI=1S/C14H25N3O2S/c1-4-6-15-13(12-10-20-8-7-19-12)14-11(18-3)9-16-17(14)5-2/h9,12-13,15H,4-8,10H2,1-3H3. The first-order valence-electron chi connectivity index (χ1n) is 7.34. The minimum Gasteiger partial charge on any atom is -0.493 e. The van der Waals surface area contributed by atoms with Gasteiger partial charge in [-0.3, -0.25) is 4.68 Å². The number of methoxy groups -OCH3 is 1. The van der Waals surface area contributed by atoms with E-state index in [-0.39, 0.29) is 12.1 Å². The van der Waals surface area contributed by atoms with Crippen LogP contribution < -0.4 is 10.1 Å². The van der Waals surface area contributed by atoms with E-state index < -0.39 is 0 Å². The van der Waals surface area contributed by atoms with Gasteiger partial charge in [0.25, 0.3) is 0 Å². The summed E-state index contributed by atoms with van der Waals surface area (Å²) in [5, 5.41) is 8.03. The molecule has 1 saturated heterocycles.